The molecule has 0 bridgehead atoms. The quantitative estimate of drug-likeness (QED) is 0.531. The Balaban J connectivity index is 2.23. The minimum Gasteiger partial charge on any atom is -0.490 e. The van der Waals surface area contributed by atoms with Crippen LogP contribution in [0.4, 0.5) is 0 Å². The molecule has 1 atom stereocenters. The zero-order valence-electron chi connectivity index (χ0n) is 7.50. The lowest BCUT2D eigenvalue weighted by atomic mass is 10.1. The second kappa shape index (κ2) is 2.81. The van der Waals surface area contributed by atoms with Crippen LogP contribution in [0.25, 0.3) is 0 Å². The third kappa shape index (κ3) is 1.31. The first kappa shape index (κ1) is 7.66. The van der Waals surface area contributed by atoms with Crippen molar-refractivity contribution in [2.45, 2.75) is 26.4 Å². The molecule has 0 saturated carbocycles. The van der Waals surface area contributed by atoms with Crippen molar-refractivity contribution in [1.82, 2.24) is 0 Å². The van der Waals surface area contributed by atoms with Crippen LogP contribution in [0.1, 0.15) is 20.3 Å². The average Bonchev–Trinajstić information content (AvgIpc) is 2.31. The highest BCUT2D eigenvalue weighted by molar-refractivity contribution is 5.41. The Morgan fingerprint density at radius 1 is 1.42 bits per heavy atom. The SMILES string of the molecule is CC1=C[CH]C2=C(C=C1)OC(C)C2. The average molecular weight is 161 g/mol. The van der Waals surface area contributed by atoms with Crippen LogP contribution >= 0.6 is 0 Å². The molecule has 2 rings (SSSR count). The maximum atomic E-state index is 5.62. The predicted molar refractivity (Wildman–Crippen MR) is 49.4 cm³/mol. The zero-order chi connectivity index (χ0) is 8.55. The van der Waals surface area contributed by atoms with E-state index in [-0.39, 0.29) is 0 Å². The summed E-state index contributed by atoms with van der Waals surface area (Å²) in [5.74, 6) is 1.05. The highest BCUT2D eigenvalue weighted by Gasteiger charge is 2.20. The maximum absolute atomic E-state index is 5.62. The molecule has 0 aromatic rings. The third-order valence-electron chi connectivity index (χ3n) is 2.20. The Labute approximate surface area is 73.4 Å². The molecule has 63 valence electrons. The second-order valence-electron chi connectivity index (χ2n) is 3.43. The lowest BCUT2D eigenvalue weighted by molar-refractivity contribution is 0.169. The number of rotatable bonds is 0. The van der Waals surface area contributed by atoms with E-state index in [1.54, 1.807) is 0 Å². The number of ether oxygens (including phenoxy) is 1. The van der Waals surface area contributed by atoms with Crippen molar-refractivity contribution >= 4 is 0 Å². The zero-order valence-corrected chi connectivity index (χ0v) is 7.50. The van der Waals surface area contributed by atoms with Gasteiger partial charge in [0.05, 0.1) is 6.10 Å². The molecular formula is C11H13O. The van der Waals surface area contributed by atoms with Gasteiger partial charge in [-0.15, -0.1) is 0 Å². The van der Waals surface area contributed by atoms with Crippen molar-refractivity contribution in [1.29, 1.82) is 0 Å². The van der Waals surface area contributed by atoms with Gasteiger partial charge in [-0.1, -0.05) is 17.7 Å². The van der Waals surface area contributed by atoms with Crippen molar-refractivity contribution in [2.75, 3.05) is 0 Å². The molecule has 2 aliphatic rings. The summed E-state index contributed by atoms with van der Waals surface area (Å²) in [5.41, 5.74) is 2.61. The van der Waals surface area contributed by atoms with Gasteiger partial charge in [0.25, 0.3) is 0 Å². The summed E-state index contributed by atoms with van der Waals surface area (Å²) in [7, 11) is 0. The first-order valence-electron chi connectivity index (χ1n) is 4.35. The van der Waals surface area contributed by atoms with Crippen LogP contribution in [0.3, 0.4) is 0 Å². The molecular weight excluding hydrogens is 148 g/mol. The normalized spacial score (nSPS) is 27.8. The van der Waals surface area contributed by atoms with Gasteiger partial charge in [-0.3, -0.25) is 0 Å². The van der Waals surface area contributed by atoms with Crippen molar-refractivity contribution < 1.29 is 4.74 Å². The Morgan fingerprint density at radius 3 is 3.08 bits per heavy atom. The standard InChI is InChI=1S/C11H13O/c1-8-3-5-10-7-9(2)12-11(10)6-4-8/h3-6,9H,7H2,1-2H3. The Bertz CT molecular complexity index is 281. The van der Waals surface area contributed by atoms with Gasteiger partial charge in [0.1, 0.15) is 5.76 Å². The number of hydrogen-bond acceptors (Lipinski definition) is 1. The topological polar surface area (TPSA) is 9.23 Å². The Kier molecular flexibility index (Phi) is 1.80. The van der Waals surface area contributed by atoms with Crippen LogP contribution in [-0.4, -0.2) is 6.10 Å². The summed E-state index contributed by atoms with van der Waals surface area (Å²) in [6, 6.07) is 0. The molecule has 0 aromatic carbocycles. The molecule has 1 unspecified atom stereocenters. The van der Waals surface area contributed by atoms with E-state index in [0.717, 1.165) is 12.2 Å². The van der Waals surface area contributed by atoms with Gasteiger partial charge < -0.3 is 4.74 Å². The van der Waals surface area contributed by atoms with E-state index in [0.29, 0.717) is 6.10 Å². The third-order valence-corrected chi connectivity index (χ3v) is 2.20. The molecule has 0 spiro atoms. The van der Waals surface area contributed by atoms with E-state index in [9.17, 15) is 0 Å². The van der Waals surface area contributed by atoms with Gasteiger partial charge in [-0.05, 0) is 25.5 Å². The summed E-state index contributed by atoms with van der Waals surface area (Å²) in [5, 5.41) is 0. The Hall–Kier alpha value is -0.980. The summed E-state index contributed by atoms with van der Waals surface area (Å²) < 4.78 is 5.62. The van der Waals surface area contributed by atoms with Gasteiger partial charge in [0.15, 0.2) is 0 Å². The highest BCUT2D eigenvalue weighted by atomic mass is 16.5. The number of hydrogen-bond donors (Lipinski definition) is 0. The molecule has 1 aliphatic heterocycles. The smallest absolute Gasteiger partial charge is 0.119 e. The maximum Gasteiger partial charge on any atom is 0.119 e. The fourth-order valence-corrected chi connectivity index (χ4v) is 1.54. The predicted octanol–water partition coefficient (Wildman–Crippen LogP) is 2.77. The lowest BCUT2D eigenvalue weighted by Crippen LogP contribution is -1.97. The molecule has 1 heterocycles. The molecule has 0 fully saturated rings. The monoisotopic (exact) mass is 161 g/mol. The van der Waals surface area contributed by atoms with E-state index in [2.05, 4.69) is 38.5 Å². The van der Waals surface area contributed by atoms with E-state index in [1.807, 2.05) is 0 Å². The highest BCUT2D eigenvalue weighted by Crippen LogP contribution is 2.30. The van der Waals surface area contributed by atoms with Gasteiger partial charge in [0.2, 0.25) is 0 Å². The van der Waals surface area contributed by atoms with Crippen molar-refractivity contribution in [3.05, 3.63) is 41.6 Å². The summed E-state index contributed by atoms with van der Waals surface area (Å²) in [4.78, 5) is 0. The van der Waals surface area contributed by atoms with E-state index >= 15 is 0 Å². The molecule has 0 aromatic heterocycles. The van der Waals surface area contributed by atoms with Gasteiger partial charge >= 0.3 is 0 Å². The summed E-state index contributed by atoms with van der Waals surface area (Å²) in [6.45, 7) is 4.20. The van der Waals surface area contributed by atoms with Crippen LogP contribution in [0, 0.1) is 6.42 Å². The second-order valence-corrected chi connectivity index (χ2v) is 3.43. The van der Waals surface area contributed by atoms with Crippen LogP contribution < -0.4 is 0 Å². The summed E-state index contributed by atoms with van der Waals surface area (Å²) in [6.07, 6.45) is 9.85. The summed E-state index contributed by atoms with van der Waals surface area (Å²) >= 11 is 0. The fourth-order valence-electron chi connectivity index (χ4n) is 1.54. The van der Waals surface area contributed by atoms with Crippen LogP contribution in [-0.2, 0) is 4.74 Å². The van der Waals surface area contributed by atoms with Crippen LogP contribution in [0.15, 0.2) is 35.1 Å². The largest absolute Gasteiger partial charge is 0.490 e. The minimum atomic E-state index is 0.350. The molecule has 1 nitrogen and oxygen atoms in total. The molecule has 0 amide bonds. The van der Waals surface area contributed by atoms with E-state index in [4.69, 9.17) is 4.74 Å². The van der Waals surface area contributed by atoms with E-state index in [1.165, 1.54) is 11.1 Å². The Morgan fingerprint density at radius 2 is 2.25 bits per heavy atom. The molecule has 0 saturated heterocycles. The van der Waals surface area contributed by atoms with E-state index < -0.39 is 0 Å². The van der Waals surface area contributed by atoms with Crippen LogP contribution in [0.2, 0.25) is 0 Å². The van der Waals surface area contributed by atoms with Gasteiger partial charge in [-0.2, -0.15) is 0 Å². The minimum absolute atomic E-state index is 0.350. The van der Waals surface area contributed by atoms with Crippen LogP contribution in [0.5, 0.6) is 0 Å². The molecule has 1 aliphatic carbocycles. The van der Waals surface area contributed by atoms with Crippen molar-refractivity contribution in [3.63, 3.8) is 0 Å². The molecule has 0 N–H and O–H groups in total. The van der Waals surface area contributed by atoms with Crippen molar-refractivity contribution in [2.24, 2.45) is 0 Å². The fraction of sp³-hybridized carbons (Fsp3) is 0.364. The molecule has 1 heteroatoms. The lowest BCUT2D eigenvalue weighted by Gasteiger charge is -2.03. The molecule has 1 radical (unpaired) electrons. The van der Waals surface area contributed by atoms with Gasteiger partial charge in [0, 0.05) is 12.8 Å². The van der Waals surface area contributed by atoms with Crippen molar-refractivity contribution in [3.8, 4) is 0 Å². The molecule has 12 heavy (non-hydrogen) atoms. The van der Waals surface area contributed by atoms with Gasteiger partial charge in [-0.25, -0.2) is 0 Å². The first-order chi connectivity index (χ1) is 5.75. The number of allylic oxidation sites excluding steroid dienone is 4. The first-order valence-corrected chi connectivity index (χ1v) is 4.35.